The quantitative estimate of drug-likeness (QED) is 0.378. The van der Waals surface area contributed by atoms with Crippen LogP contribution in [-0.2, 0) is 13.1 Å². The van der Waals surface area contributed by atoms with E-state index in [4.69, 9.17) is 0 Å². The molecule has 28 heavy (non-hydrogen) atoms. The van der Waals surface area contributed by atoms with Crippen molar-refractivity contribution in [2.24, 2.45) is 4.99 Å². The van der Waals surface area contributed by atoms with Crippen LogP contribution < -0.4 is 5.32 Å². The van der Waals surface area contributed by atoms with Crippen molar-refractivity contribution in [3.05, 3.63) is 35.4 Å². The second kappa shape index (κ2) is 11.0. The van der Waals surface area contributed by atoms with E-state index in [0.717, 1.165) is 37.9 Å². The summed E-state index contributed by atoms with van der Waals surface area (Å²) in [5.74, 6) is 2.18. The van der Waals surface area contributed by atoms with Crippen LogP contribution in [0.5, 0.6) is 0 Å². The van der Waals surface area contributed by atoms with E-state index >= 15 is 0 Å². The molecule has 0 bridgehead atoms. The second-order valence-electron chi connectivity index (χ2n) is 8.33. The summed E-state index contributed by atoms with van der Waals surface area (Å²) in [7, 11) is 4.09. The fourth-order valence-corrected chi connectivity index (χ4v) is 4.85. The van der Waals surface area contributed by atoms with Gasteiger partial charge in [-0.15, -0.1) is 24.0 Å². The molecule has 1 aromatic carbocycles. The number of likely N-dealkylation sites (N-methyl/N-ethyl adjacent to an activating group) is 1. The summed E-state index contributed by atoms with van der Waals surface area (Å²) in [6, 6.07) is 9.06. The van der Waals surface area contributed by atoms with E-state index in [1.807, 2.05) is 7.05 Å². The highest BCUT2D eigenvalue weighted by Crippen LogP contribution is 2.29. The van der Waals surface area contributed by atoms with Gasteiger partial charge in [-0.2, -0.15) is 11.8 Å². The standard InChI is InChI=1S/C21H35N5S.HI/c1-21(2)17-26(13-14-27-21)20(22-3)23-15-18-5-7-19(8-6-18)16-25-11-9-24(4)10-12-25;/h5-8H,9-17H2,1-4H3,(H,22,23);1H. The largest absolute Gasteiger partial charge is 0.352 e. The molecule has 2 aliphatic rings. The zero-order valence-electron chi connectivity index (χ0n) is 17.8. The molecule has 0 unspecified atom stereocenters. The van der Waals surface area contributed by atoms with Crippen LogP contribution in [0.4, 0.5) is 0 Å². The summed E-state index contributed by atoms with van der Waals surface area (Å²) >= 11 is 2.05. The molecule has 2 fully saturated rings. The lowest BCUT2D eigenvalue weighted by molar-refractivity contribution is 0.148. The maximum Gasteiger partial charge on any atom is 0.193 e. The van der Waals surface area contributed by atoms with Crippen LogP contribution in [0.3, 0.4) is 0 Å². The smallest absolute Gasteiger partial charge is 0.193 e. The first-order chi connectivity index (χ1) is 12.9. The van der Waals surface area contributed by atoms with Crippen molar-refractivity contribution in [1.82, 2.24) is 20.0 Å². The molecule has 0 spiro atoms. The molecule has 2 heterocycles. The number of benzene rings is 1. The molecule has 0 aromatic heterocycles. The predicted molar refractivity (Wildman–Crippen MR) is 133 cm³/mol. The van der Waals surface area contributed by atoms with Crippen molar-refractivity contribution in [2.45, 2.75) is 31.7 Å². The number of rotatable bonds is 4. The van der Waals surface area contributed by atoms with E-state index < -0.39 is 0 Å². The van der Waals surface area contributed by atoms with Crippen molar-refractivity contribution in [1.29, 1.82) is 0 Å². The van der Waals surface area contributed by atoms with Crippen molar-refractivity contribution >= 4 is 41.7 Å². The fourth-order valence-electron chi connectivity index (χ4n) is 3.74. The first-order valence-corrected chi connectivity index (χ1v) is 11.0. The fraction of sp³-hybridized carbons (Fsp3) is 0.667. The third kappa shape index (κ3) is 7.07. The Labute approximate surface area is 192 Å². The van der Waals surface area contributed by atoms with E-state index in [1.165, 1.54) is 37.3 Å². The lowest BCUT2D eigenvalue weighted by Gasteiger charge is -2.39. The van der Waals surface area contributed by atoms with Gasteiger partial charge in [0.2, 0.25) is 0 Å². The van der Waals surface area contributed by atoms with Crippen LogP contribution in [-0.4, -0.2) is 84.5 Å². The highest BCUT2D eigenvalue weighted by atomic mass is 127. The van der Waals surface area contributed by atoms with Gasteiger partial charge in [0.05, 0.1) is 0 Å². The number of nitrogens with one attached hydrogen (secondary N) is 1. The minimum atomic E-state index is 0. The van der Waals surface area contributed by atoms with Crippen LogP contribution in [0.1, 0.15) is 25.0 Å². The van der Waals surface area contributed by atoms with Crippen molar-refractivity contribution in [3.63, 3.8) is 0 Å². The van der Waals surface area contributed by atoms with Gasteiger partial charge >= 0.3 is 0 Å². The lowest BCUT2D eigenvalue weighted by Crippen LogP contribution is -2.50. The zero-order chi connectivity index (χ0) is 19.3. The van der Waals surface area contributed by atoms with Gasteiger partial charge in [-0.3, -0.25) is 9.89 Å². The Morgan fingerprint density at radius 2 is 1.71 bits per heavy atom. The summed E-state index contributed by atoms with van der Waals surface area (Å²) in [5.41, 5.74) is 2.71. The van der Waals surface area contributed by atoms with Crippen LogP contribution >= 0.6 is 35.7 Å². The van der Waals surface area contributed by atoms with Crippen molar-refractivity contribution < 1.29 is 0 Å². The number of hydrogen-bond donors (Lipinski definition) is 1. The number of guanidine groups is 1. The van der Waals surface area contributed by atoms with E-state index in [-0.39, 0.29) is 24.0 Å². The molecule has 0 amide bonds. The highest BCUT2D eigenvalue weighted by molar-refractivity contribution is 14.0. The molecule has 5 nitrogen and oxygen atoms in total. The summed E-state index contributed by atoms with van der Waals surface area (Å²) in [4.78, 5) is 11.8. The maximum absolute atomic E-state index is 4.50. The van der Waals surface area contributed by atoms with E-state index in [2.05, 4.69) is 81.9 Å². The molecule has 0 aliphatic carbocycles. The molecule has 0 radical (unpaired) electrons. The van der Waals surface area contributed by atoms with Gasteiger partial charge in [0.1, 0.15) is 0 Å². The van der Waals surface area contributed by atoms with Gasteiger partial charge in [-0.1, -0.05) is 24.3 Å². The van der Waals surface area contributed by atoms with Crippen molar-refractivity contribution in [2.75, 3.05) is 59.1 Å². The maximum atomic E-state index is 4.50. The Morgan fingerprint density at radius 1 is 1.07 bits per heavy atom. The minimum Gasteiger partial charge on any atom is -0.352 e. The Hall–Kier alpha value is -0.510. The van der Waals surface area contributed by atoms with Gasteiger partial charge < -0.3 is 15.1 Å². The number of aliphatic imine (C=N–C) groups is 1. The Kier molecular flexibility index (Phi) is 9.37. The molecule has 3 rings (SSSR count). The number of hydrogen-bond acceptors (Lipinski definition) is 4. The minimum absolute atomic E-state index is 0. The summed E-state index contributed by atoms with van der Waals surface area (Å²) < 4.78 is 0.292. The van der Waals surface area contributed by atoms with Crippen LogP contribution in [0, 0.1) is 0 Å². The Morgan fingerprint density at radius 3 is 2.32 bits per heavy atom. The first kappa shape index (κ1) is 23.8. The number of nitrogens with zero attached hydrogens (tertiary/aromatic N) is 4. The van der Waals surface area contributed by atoms with Crippen LogP contribution in [0.2, 0.25) is 0 Å². The normalized spacial score (nSPS) is 21.3. The average molecular weight is 518 g/mol. The molecule has 0 saturated carbocycles. The summed E-state index contributed by atoms with van der Waals surface area (Å²) in [5, 5.41) is 3.55. The molecule has 0 atom stereocenters. The van der Waals surface area contributed by atoms with E-state index in [1.54, 1.807) is 0 Å². The van der Waals surface area contributed by atoms with Gasteiger partial charge in [-0.25, -0.2) is 0 Å². The zero-order valence-corrected chi connectivity index (χ0v) is 20.9. The molecule has 158 valence electrons. The Bertz CT molecular complexity index is 626. The average Bonchev–Trinajstić information content (AvgIpc) is 2.65. The van der Waals surface area contributed by atoms with Crippen LogP contribution in [0.25, 0.3) is 0 Å². The monoisotopic (exact) mass is 517 g/mol. The predicted octanol–water partition coefficient (Wildman–Crippen LogP) is 2.95. The lowest BCUT2D eigenvalue weighted by atomic mass is 10.1. The number of piperazine rings is 1. The molecule has 2 aliphatic heterocycles. The van der Waals surface area contributed by atoms with Crippen LogP contribution in [0.15, 0.2) is 29.3 Å². The van der Waals surface area contributed by atoms with Gasteiger partial charge in [0, 0.05) is 69.9 Å². The summed E-state index contributed by atoms with van der Waals surface area (Å²) in [6.45, 7) is 13.3. The second-order valence-corrected chi connectivity index (χ2v) is 10.1. The molecule has 1 N–H and O–H groups in total. The molecular formula is C21H36IN5S. The SMILES string of the molecule is CN=C(NCc1ccc(CN2CCN(C)CC2)cc1)N1CCSC(C)(C)C1.I. The van der Waals surface area contributed by atoms with Gasteiger partial charge in [0.15, 0.2) is 5.96 Å². The first-order valence-electron chi connectivity index (χ1n) is 10.0. The number of halogens is 1. The third-order valence-electron chi connectivity index (χ3n) is 5.41. The summed E-state index contributed by atoms with van der Waals surface area (Å²) in [6.07, 6.45) is 0. The Balaban J connectivity index is 0.00000280. The van der Waals surface area contributed by atoms with Crippen molar-refractivity contribution in [3.8, 4) is 0 Å². The molecule has 2 saturated heterocycles. The molecule has 1 aromatic rings. The molecular weight excluding hydrogens is 481 g/mol. The van der Waals surface area contributed by atoms with Gasteiger partial charge in [0.25, 0.3) is 0 Å². The topological polar surface area (TPSA) is 34.1 Å². The van der Waals surface area contributed by atoms with E-state index in [9.17, 15) is 0 Å². The van der Waals surface area contributed by atoms with E-state index in [0.29, 0.717) is 4.75 Å². The third-order valence-corrected chi connectivity index (χ3v) is 6.71. The number of thioether (sulfide) groups is 1. The van der Waals surface area contributed by atoms with Gasteiger partial charge in [-0.05, 0) is 32.0 Å². The molecule has 7 heteroatoms. The highest BCUT2D eigenvalue weighted by Gasteiger charge is 2.28.